The normalized spacial score (nSPS) is 16.8. The fourth-order valence-electron chi connectivity index (χ4n) is 4.81. The summed E-state index contributed by atoms with van der Waals surface area (Å²) < 4.78 is 5.58. The van der Waals surface area contributed by atoms with Crippen LogP contribution in [0.25, 0.3) is 11.1 Å². The molecule has 2 aliphatic rings. The highest BCUT2D eigenvalue weighted by Crippen LogP contribution is 2.44. The Morgan fingerprint density at radius 1 is 1.06 bits per heavy atom. The van der Waals surface area contributed by atoms with E-state index in [0.29, 0.717) is 12.8 Å². The van der Waals surface area contributed by atoms with E-state index >= 15 is 0 Å². The molecule has 33 heavy (non-hydrogen) atoms. The molecule has 1 aliphatic heterocycles. The maximum Gasteiger partial charge on any atom is 0.407 e. The fourth-order valence-corrected chi connectivity index (χ4v) is 4.81. The van der Waals surface area contributed by atoms with Gasteiger partial charge >= 0.3 is 12.1 Å². The van der Waals surface area contributed by atoms with Gasteiger partial charge in [0.05, 0.1) is 0 Å². The summed E-state index contributed by atoms with van der Waals surface area (Å²) in [7, 11) is 0. The molecule has 2 aromatic rings. The zero-order valence-corrected chi connectivity index (χ0v) is 19.0. The van der Waals surface area contributed by atoms with Crippen LogP contribution in [0.15, 0.2) is 48.5 Å². The fraction of sp³-hybridized carbons (Fsp3) is 0.423. The minimum atomic E-state index is -0.863. The molecule has 1 atom stereocenters. The van der Waals surface area contributed by atoms with Crippen molar-refractivity contribution in [1.82, 2.24) is 10.2 Å². The molecule has 0 unspecified atom stereocenters. The first-order valence-electron chi connectivity index (χ1n) is 11.5. The van der Waals surface area contributed by atoms with Crippen molar-refractivity contribution in [2.24, 2.45) is 5.41 Å². The van der Waals surface area contributed by atoms with E-state index in [0.717, 1.165) is 11.1 Å². The molecule has 7 nitrogen and oxygen atoms in total. The van der Waals surface area contributed by atoms with Crippen LogP contribution < -0.4 is 5.32 Å². The highest BCUT2D eigenvalue weighted by atomic mass is 16.5. The number of carboxylic acid groups (broad SMARTS) is 1. The predicted molar refractivity (Wildman–Crippen MR) is 124 cm³/mol. The Labute approximate surface area is 193 Å². The minimum absolute atomic E-state index is 0.0240. The van der Waals surface area contributed by atoms with Crippen LogP contribution in [0.1, 0.15) is 50.2 Å². The smallest absolute Gasteiger partial charge is 0.407 e. The lowest BCUT2D eigenvalue weighted by atomic mass is 9.77. The van der Waals surface area contributed by atoms with E-state index in [-0.39, 0.29) is 44.0 Å². The van der Waals surface area contributed by atoms with Gasteiger partial charge in [-0.1, -0.05) is 62.4 Å². The molecule has 0 aromatic heterocycles. The lowest BCUT2D eigenvalue weighted by Crippen LogP contribution is -2.62. The molecule has 1 aliphatic carbocycles. The van der Waals surface area contributed by atoms with Gasteiger partial charge in [-0.05, 0) is 35.1 Å². The molecular formula is C26H30N2O5. The second-order valence-electron chi connectivity index (χ2n) is 8.97. The number of nitrogens with one attached hydrogen (secondary N) is 1. The van der Waals surface area contributed by atoms with E-state index in [4.69, 9.17) is 4.74 Å². The zero-order valence-electron chi connectivity index (χ0n) is 19.0. The first-order valence-corrected chi connectivity index (χ1v) is 11.5. The van der Waals surface area contributed by atoms with Crippen molar-refractivity contribution >= 4 is 18.0 Å². The van der Waals surface area contributed by atoms with Crippen LogP contribution in [0.4, 0.5) is 4.79 Å². The second kappa shape index (κ2) is 9.25. The van der Waals surface area contributed by atoms with Crippen molar-refractivity contribution in [2.45, 2.75) is 45.1 Å². The number of benzene rings is 2. The number of alkyl carbamates (subject to hydrolysis) is 1. The van der Waals surface area contributed by atoms with Crippen LogP contribution in [0.3, 0.4) is 0 Å². The highest BCUT2D eigenvalue weighted by Gasteiger charge is 2.49. The Balaban J connectivity index is 1.31. The van der Waals surface area contributed by atoms with Crippen LogP contribution in [-0.2, 0) is 14.3 Å². The van der Waals surface area contributed by atoms with Gasteiger partial charge in [0.15, 0.2) is 0 Å². The minimum Gasteiger partial charge on any atom is -0.481 e. The molecule has 4 rings (SSSR count). The molecular weight excluding hydrogens is 420 g/mol. The monoisotopic (exact) mass is 450 g/mol. The Bertz CT molecular complexity index is 1010. The molecule has 1 fully saturated rings. The van der Waals surface area contributed by atoms with Crippen LogP contribution in [0, 0.1) is 5.41 Å². The summed E-state index contributed by atoms with van der Waals surface area (Å²) >= 11 is 0. The molecule has 0 saturated carbocycles. The molecule has 7 heteroatoms. The van der Waals surface area contributed by atoms with Crippen LogP contribution in [0.5, 0.6) is 0 Å². The van der Waals surface area contributed by atoms with Crippen molar-refractivity contribution in [1.29, 1.82) is 0 Å². The predicted octanol–water partition coefficient (Wildman–Crippen LogP) is 4.02. The van der Waals surface area contributed by atoms with Crippen molar-refractivity contribution in [3.05, 3.63) is 59.7 Å². The average Bonchev–Trinajstić information content (AvgIpc) is 3.10. The zero-order chi connectivity index (χ0) is 23.6. The number of ether oxygens (including phenoxy) is 1. The van der Waals surface area contributed by atoms with E-state index in [2.05, 4.69) is 29.6 Å². The van der Waals surface area contributed by atoms with Gasteiger partial charge in [-0.15, -0.1) is 0 Å². The number of carbonyl (C=O) groups excluding carboxylic acids is 2. The number of rotatable bonds is 8. The second-order valence-corrected chi connectivity index (χ2v) is 8.97. The van der Waals surface area contributed by atoms with E-state index in [1.807, 2.05) is 38.1 Å². The summed E-state index contributed by atoms with van der Waals surface area (Å²) in [5.74, 6) is -1.03. The molecule has 1 heterocycles. The quantitative estimate of drug-likeness (QED) is 0.633. The summed E-state index contributed by atoms with van der Waals surface area (Å²) in [6.07, 6.45) is 0.636. The van der Waals surface area contributed by atoms with Gasteiger partial charge in [-0.2, -0.15) is 0 Å². The van der Waals surface area contributed by atoms with Crippen LogP contribution in [-0.4, -0.2) is 53.7 Å². The number of aliphatic carboxylic acids is 1. The summed E-state index contributed by atoms with van der Waals surface area (Å²) in [5, 5.41) is 12.2. The number of hydrogen-bond acceptors (Lipinski definition) is 4. The number of hydrogen-bond donors (Lipinski definition) is 2. The third-order valence-electron chi connectivity index (χ3n) is 7.05. The lowest BCUT2D eigenvalue weighted by Gasteiger charge is -2.47. The summed E-state index contributed by atoms with van der Waals surface area (Å²) in [6, 6.07) is 15.9. The maximum atomic E-state index is 12.6. The van der Waals surface area contributed by atoms with Gasteiger partial charge in [0, 0.05) is 31.5 Å². The molecule has 0 spiro atoms. The largest absolute Gasteiger partial charge is 0.481 e. The number of likely N-dealkylation sites (tertiary alicyclic amines) is 1. The molecule has 2 amide bonds. The standard InChI is InChI=1S/C26H30N2O5/c1-3-17(13-23(29)28-15-26(4-2,16-28)24(30)31)27-25(32)33-14-22-20-11-7-5-9-18(20)19-10-6-8-12-21(19)22/h5-12,17,22H,3-4,13-16H2,1-2H3,(H,27,32)(H,30,31)/t17-/m0/s1. The van der Waals surface area contributed by atoms with E-state index in [9.17, 15) is 19.5 Å². The van der Waals surface area contributed by atoms with Crippen LogP contribution >= 0.6 is 0 Å². The number of carboxylic acids is 1. The molecule has 0 bridgehead atoms. The van der Waals surface area contributed by atoms with Gasteiger partial charge in [-0.3, -0.25) is 9.59 Å². The van der Waals surface area contributed by atoms with Crippen molar-refractivity contribution in [3.8, 4) is 11.1 Å². The lowest BCUT2D eigenvalue weighted by molar-refractivity contribution is -0.166. The third kappa shape index (κ3) is 4.32. The van der Waals surface area contributed by atoms with Crippen molar-refractivity contribution in [2.75, 3.05) is 19.7 Å². The number of nitrogens with zero attached hydrogens (tertiary/aromatic N) is 1. The van der Waals surface area contributed by atoms with Gasteiger partial charge in [-0.25, -0.2) is 4.79 Å². The summed E-state index contributed by atoms with van der Waals surface area (Å²) in [6.45, 7) is 4.38. The Kier molecular flexibility index (Phi) is 6.40. The topological polar surface area (TPSA) is 95.9 Å². The van der Waals surface area contributed by atoms with E-state index < -0.39 is 17.5 Å². The van der Waals surface area contributed by atoms with Gasteiger partial charge in [0.1, 0.15) is 12.0 Å². The Morgan fingerprint density at radius 2 is 1.64 bits per heavy atom. The van der Waals surface area contributed by atoms with E-state index in [1.54, 1.807) is 4.90 Å². The first kappa shape index (κ1) is 22.8. The summed E-state index contributed by atoms with van der Waals surface area (Å²) in [4.78, 5) is 38.1. The van der Waals surface area contributed by atoms with Crippen molar-refractivity contribution < 1.29 is 24.2 Å². The van der Waals surface area contributed by atoms with Crippen LogP contribution in [0.2, 0.25) is 0 Å². The maximum absolute atomic E-state index is 12.6. The highest BCUT2D eigenvalue weighted by molar-refractivity contribution is 5.84. The van der Waals surface area contributed by atoms with Gasteiger partial charge < -0.3 is 20.1 Å². The van der Waals surface area contributed by atoms with Gasteiger partial charge in [0.25, 0.3) is 0 Å². The molecule has 1 saturated heterocycles. The average molecular weight is 451 g/mol. The number of carbonyl (C=O) groups is 3. The summed E-state index contributed by atoms with van der Waals surface area (Å²) in [5.41, 5.74) is 3.78. The molecule has 0 radical (unpaired) electrons. The molecule has 2 N–H and O–H groups in total. The van der Waals surface area contributed by atoms with Gasteiger partial charge in [0.2, 0.25) is 5.91 Å². The number of amides is 2. The third-order valence-corrected chi connectivity index (χ3v) is 7.05. The Hall–Kier alpha value is -3.35. The Morgan fingerprint density at radius 3 is 2.15 bits per heavy atom. The van der Waals surface area contributed by atoms with Crippen molar-refractivity contribution in [3.63, 3.8) is 0 Å². The first-order chi connectivity index (χ1) is 15.9. The molecule has 174 valence electrons. The SMILES string of the molecule is CC[C@@H](CC(=O)N1CC(CC)(C(=O)O)C1)NC(=O)OCC1c2ccccc2-c2ccccc21. The molecule has 2 aromatic carbocycles. The van der Waals surface area contributed by atoms with E-state index in [1.165, 1.54) is 11.1 Å². The number of fused-ring (bicyclic) bond motifs is 3.